The normalized spacial score (nSPS) is 10.2. The first kappa shape index (κ1) is 14.5. The van der Waals surface area contributed by atoms with Gasteiger partial charge in [0.25, 0.3) is 0 Å². The molecule has 0 saturated heterocycles. The Morgan fingerprint density at radius 1 is 1.20 bits per heavy atom. The lowest BCUT2D eigenvalue weighted by molar-refractivity contribution is 0.0991. The second-order valence-electron chi connectivity index (χ2n) is 4.00. The maximum Gasteiger partial charge on any atom is 0.216 e. The van der Waals surface area contributed by atoms with Crippen molar-refractivity contribution in [3.05, 3.63) is 46.3 Å². The van der Waals surface area contributed by atoms with Crippen LogP contribution in [0.25, 0.3) is 0 Å². The van der Waals surface area contributed by atoms with E-state index < -0.39 is 0 Å². The second-order valence-corrected chi connectivity index (χ2v) is 4.85. The lowest BCUT2D eigenvalue weighted by Gasteiger charge is -2.07. The van der Waals surface area contributed by atoms with Crippen LogP contribution in [0.3, 0.4) is 0 Å². The molecule has 1 heterocycles. The molecule has 0 atom stereocenters. The highest BCUT2D eigenvalue weighted by molar-refractivity contribution is 9.10. The standard InChI is InChI=1S/C14H13BrN2O3/c1-19-10-3-4-12(15)11(7-10)13(18)5-9-6-14(20-2)17-8-16-9/h3-4,6-8H,5H2,1-2H3. The zero-order chi connectivity index (χ0) is 14.5. The van der Waals surface area contributed by atoms with Crippen molar-refractivity contribution in [1.82, 2.24) is 9.97 Å². The van der Waals surface area contributed by atoms with E-state index in [1.54, 1.807) is 31.4 Å². The number of hydrogen-bond donors (Lipinski definition) is 0. The summed E-state index contributed by atoms with van der Waals surface area (Å²) >= 11 is 3.37. The molecule has 0 N–H and O–H groups in total. The van der Waals surface area contributed by atoms with Crippen molar-refractivity contribution >= 4 is 21.7 Å². The molecule has 0 bridgehead atoms. The highest BCUT2D eigenvalue weighted by Gasteiger charge is 2.13. The van der Waals surface area contributed by atoms with Crippen molar-refractivity contribution in [3.63, 3.8) is 0 Å². The van der Waals surface area contributed by atoms with E-state index in [1.165, 1.54) is 13.4 Å². The summed E-state index contributed by atoms with van der Waals surface area (Å²) in [7, 11) is 3.08. The number of nitrogens with zero attached hydrogens (tertiary/aromatic N) is 2. The monoisotopic (exact) mass is 336 g/mol. The van der Waals surface area contributed by atoms with Crippen molar-refractivity contribution in [3.8, 4) is 11.6 Å². The smallest absolute Gasteiger partial charge is 0.216 e. The quantitative estimate of drug-likeness (QED) is 0.785. The number of Topliss-reactive ketones (excluding diaryl/α,β-unsaturated/α-hetero) is 1. The minimum atomic E-state index is -0.0588. The number of halogens is 1. The molecule has 0 aliphatic carbocycles. The maximum atomic E-state index is 12.3. The molecule has 5 nitrogen and oxygen atoms in total. The van der Waals surface area contributed by atoms with Crippen LogP contribution in [0, 0.1) is 0 Å². The van der Waals surface area contributed by atoms with Crippen LogP contribution in [0.4, 0.5) is 0 Å². The number of ether oxygens (including phenoxy) is 2. The van der Waals surface area contributed by atoms with Gasteiger partial charge in [-0.15, -0.1) is 0 Å². The third-order valence-electron chi connectivity index (χ3n) is 2.72. The third kappa shape index (κ3) is 3.33. The molecule has 0 aliphatic rings. The maximum absolute atomic E-state index is 12.3. The molecule has 2 rings (SSSR count). The molecule has 0 fully saturated rings. The van der Waals surface area contributed by atoms with Gasteiger partial charge < -0.3 is 9.47 Å². The van der Waals surface area contributed by atoms with Gasteiger partial charge in [-0.05, 0) is 18.2 Å². The van der Waals surface area contributed by atoms with E-state index in [2.05, 4.69) is 25.9 Å². The summed E-state index contributed by atoms with van der Waals surface area (Å²) in [6.07, 6.45) is 1.55. The Morgan fingerprint density at radius 2 is 2.00 bits per heavy atom. The average Bonchev–Trinajstić information content (AvgIpc) is 2.47. The van der Waals surface area contributed by atoms with Crippen molar-refractivity contribution in [2.45, 2.75) is 6.42 Å². The first-order valence-electron chi connectivity index (χ1n) is 5.85. The van der Waals surface area contributed by atoms with Crippen LogP contribution in [-0.2, 0) is 6.42 Å². The fourth-order valence-electron chi connectivity index (χ4n) is 1.69. The molecule has 2 aromatic rings. The summed E-state index contributed by atoms with van der Waals surface area (Å²) in [6.45, 7) is 0. The molecule has 0 radical (unpaired) electrons. The van der Waals surface area contributed by atoms with Crippen molar-refractivity contribution in [1.29, 1.82) is 0 Å². The average molecular weight is 337 g/mol. The van der Waals surface area contributed by atoms with E-state index in [0.717, 1.165) is 4.47 Å². The SMILES string of the molecule is COc1ccc(Br)c(C(=O)Cc2cc(OC)ncn2)c1. The van der Waals surface area contributed by atoms with Gasteiger partial charge >= 0.3 is 0 Å². The van der Waals surface area contributed by atoms with E-state index in [9.17, 15) is 4.79 Å². The van der Waals surface area contributed by atoms with Gasteiger partial charge in [0.2, 0.25) is 5.88 Å². The van der Waals surface area contributed by atoms with Gasteiger partial charge in [0, 0.05) is 16.1 Å². The summed E-state index contributed by atoms with van der Waals surface area (Å²) in [5.74, 6) is 1.01. The number of carbonyl (C=O) groups is 1. The zero-order valence-corrected chi connectivity index (χ0v) is 12.7. The second kappa shape index (κ2) is 6.47. The minimum Gasteiger partial charge on any atom is -0.497 e. The Kier molecular flexibility index (Phi) is 4.68. The summed E-state index contributed by atoms with van der Waals surface area (Å²) in [5, 5.41) is 0. The summed E-state index contributed by atoms with van der Waals surface area (Å²) in [4.78, 5) is 20.3. The Morgan fingerprint density at radius 3 is 2.70 bits per heavy atom. The number of methoxy groups -OCH3 is 2. The number of rotatable bonds is 5. The minimum absolute atomic E-state index is 0.0588. The summed E-state index contributed by atoms with van der Waals surface area (Å²) < 4.78 is 10.9. The Hall–Kier alpha value is -1.95. The van der Waals surface area contributed by atoms with Crippen LogP contribution in [0.15, 0.2) is 35.1 Å². The predicted octanol–water partition coefficient (Wildman–Crippen LogP) is 2.68. The lowest BCUT2D eigenvalue weighted by Crippen LogP contribution is -2.07. The van der Waals surface area contributed by atoms with Gasteiger partial charge in [-0.1, -0.05) is 15.9 Å². The first-order chi connectivity index (χ1) is 9.63. The van der Waals surface area contributed by atoms with E-state index in [0.29, 0.717) is 22.9 Å². The molecule has 1 aromatic carbocycles. The summed E-state index contributed by atoms with van der Waals surface area (Å²) in [5.41, 5.74) is 1.17. The molecule has 0 saturated carbocycles. The van der Waals surface area contributed by atoms with Crippen LogP contribution in [0.1, 0.15) is 16.1 Å². The molecule has 20 heavy (non-hydrogen) atoms. The Balaban J connectivity index is 2.23. The number of aromatic nitrogens is 2. The molecule has 0 spiro atoms. The Bertz CT molecular complexity index is 632. The Labute approximate surface area is 125 Å². The van der Waals surface area contributed by atoms with Crippen LogP contribution in [0.5, 0.6) is 11.6 Å². The lowest BCUT2D eigenvalue weighted by atomic mass is 10.1. The number of hydrogen-bond acceptors (Lipinski definition) is 5. The predicted molar refractivity (Wildman–Crippen MR) is 77.3 cm³/mol. The van der Waals surface area contributed by atoms with Gasteiger partial charge in [-0.2, -0.15) is 0 Å². The van der Waals surface area contributed by atoms with E-state index >= 15 is 0 Å². The molecule has 104 valence electrons. The van der Waals surface area contributed by atoms with Gasteiger partial charge in [-0.3, -0.25) is 4.79 Å². The topological polar surface area (TPSA) is 61.3 Å². The molecular weight excluding hydrogens is 324 g/mol. The van der Waals surface area contributed by atoms with E-state index in [4.69, 9.17) is 9.47 Å². The molecule has 1 aromatic heterocycles. The van der Waals surface area contributed by atoms with Crippen molar-refractivity contribution in [2.75, 3.05) is 14.2 Å². The number of benzene rings is 1. The van der Waals surface area contributed by atoms with Crippen LogP contribution in [0.2, 0.25) is 0 Å². The van der Waals surface area contributed by atoms with Gasteiger partial charge in [0.05, 0.1) is 26.3 Å². The highest BCUT2D eigenvalue weighted by Crippen LogP contribution is 2.24. The van der Waals surface area contributed by atoms with Gasteiger partial charge in [0.1, 0.15) is 12.1 Å². The molecule has 0 aliphatic heterocycles. The van der Waals surface area contributed by atoms with Gasteiger partial charge in [-0.25, -0.2) is 9.97 Å². The number of carbonyl (C=O) groups excluding carboxylic acids is 1. The van der Waals surface area contributed by atoms with Crippen LogP contribution < -0.4 is 9.47 Å². The highest BCUT2D eigenvalue weighted by atomic mass is 79.9. The fourth-order valence-corrected chi connectivity index (χ4v) is 2.16. The molecule has 0 amide bonds. The van der Waals surface area contributed by atoms with Crippen molar-refractivity contribution in [2.24, 2.45) is 0 Å². The van der Waals surface area contributed by atoms with E-state index in [-0.39, 0.29) is 12.2 Å². The third-order valence-corrected chi connectivity index (χ3v) is 3.41. The zero-order valence-electron chi connectivity index (χ0n) is 11.1. The molecule has 0 unspecified atom stereocenters. The summed E-state index contributed by atoms with van der Waals surface area (Å²) in [6, 6.07) is 6.91. The van der Waals surface area contributed by atoms with Gasteiger partial charge in [0.15, 0.2) is 5.78 Å². The van der Waals surface area contributed by atoms with Crippen LogP contribution >= 0.6 is 15.9 Å². The fraction of sp³-hybridized carbons (Fsp3) is 0.214. The molecular formula is C14H13BrN2O3. The first-order valence-corrected chi connectivity index (χ1v) is 6.65. The van der Waals surface area contributed by atoms with E-state index in [1.807, 2.05) is 0 Å². The largest absolute Gasteiger partial charge is 0.497 e. The van der Waals surface area contributed by atoms with Crippen molar-refractivity contribution < 1.29 is 14.3 Å². The number of ketones is 1. The molecule has 6 heteroatoms. The van der Waals surface area contributed by atoms with Crippen LogP contribution in [-0.4, -0.2) is 30.0 Å².